The number of aromatic nitrogens is 2. The molecule has 0 aliphatic carbocycles. The van der Waals surface area contributed by atoms with Crippen LogP contribution in [0.15, 0.2) is 41.3 Å². The summed E-state index contributed by atoms with van der Waals surface area (Å²) in [7, 11) is 0. The first-order valence-electron chi connectivity index (χ1n) is 7.35. The van der Waals surface area contributed by atoms with Gasteiger partial charge in [-0.2, -0.15) is 0 Å². The van der Waals surface area contributed by atoms with Crippen molar-refractivity contribution in [3.05, 3.63) is 52.7 Å². The van der Waals surface area contributed by atoms with Gasteiger partial charge in [0.25, 0.3) is 5.91 Å². The number of carbonyl (C=O) groups is 2. The van der Waals surface area contributed by atoms with Gasteiger partial charge in [-0.05, 0) is 24.3 Å². The number of fused-ring (bicyclic) bond motifs is 1. The average Bonchev–Trinajstić information content (AvgIpc) is 3.12. The van der Waals surface area contributed by atoms with Crippen molar-refractivity contribution < 1.29 is 18.7 Å². The molecular weight excluding hydrogens is 383 g/mol. The minimum absolute atomic E-state index is 0.130. The zero-order valence-corrected chi connectivity index (χ0v) is 14.7. The molecule has 8 nitrogen and oxygen atoms in total. The molecule has 2 N–H and O–H groups in total. The molecule has 134 valence electrons. The summed E-state index contributed by atoms with van der Waals surface area (Å²) in [5.74, 6) is 0.0393. The fourth-order valence-electron chi connectivity index (χ4n) is 2.11. The van der Waals surface area contributed by atoms with Gasteiger partial charge >= 0.3 is 6.03 Å². The molecule has 0 bridgehead atoms. The molecule has 0 aliphatic heterocycles. The number of rotatable bonds is 5. The third-order valence-electron chi connectivity index (χ3n) is 3.22. The van der Waals surface area contributed by atoms with Gasteiger partial charge in [0.05, 0.1) is 28.7 Å². The number of urea groups is 1. The van der Waals surface area contributed by atoms with Crippen LogP contribution in [0.1, 0.15) is 5.76 Å². The maximum Gasteiger partial charge on any atom is 0.321 e. The Morgan fingerprint density at radius 3 is 2.85 bits per heavy atom. The summed E-state index contributed by atoms with van der Waals surface area (Å²) in [4.78, 5) is 31.5. The molecule has 0 spiro atoms. The second-order valence-electron chi connectivity index (χ2n) is 5.06. The van der Waals surface area contributed by atoms with Crippen LogP contribution in [0.4, 0.5) is 4.79 Å². The highest BCUT2D eigenvalue weighted by molar-refractivity contribution is 6.38. The van der Waals surface area contributed by atoms with E-state index in [1.165, 1.54) is 18.7 Å². The van der Waals surface area contributed by atoms with E-state index in [4.69, 9.17) is 32.4 Å². The van der Waals surface area contributed by atoms with E-state index in [1.807, 2.05) is 0 Å². The summed E-state index contributed by atoms with van der Waals surface area (Å²) >= 11 is 12.0. The number of halogens is 2. The molecule has 10 heteroatoms. The Bertz CT molecular complexity index is 947. The van der Waals surface area contributed by atoms with E-state index in [9.17, 15) is 9.59 Å². The lowest BCUT2D eigenvalue weighted by atomic mass is 10.2. The molecule has 3 aromatic rings. The molecule has 1 aromatic carbocycles. The Morgan fingerprint density at radius 2 is 2.08 bits per heavy atom. The van der Waals surface area contributed by atoms with Gasteiger partial charge in [-0.3, -0.25) is 10.1 Å². The van der Waals surface area contributed by atoms with Crippen molar-refractivity contribution in [3.63, 3.8) is 0 Å². The number of ether oxygens (including phenoxy) is 1. The average molecular weight is 395 g/mol. The molecule has 0 fully saturated rings. The van der Waals surface area contributed by atoms with Crippen LogP contribution < -0.4 is 15.4 Å². The number of furan rings is 1. The number of amides is 3. The van der Waals surface area contributed by atoms with E-state index in [0.717, 1.165) is 0 Å². The summed E-state index contributed by atoms with van der Waals surface area (Å²) in [6.45, 7) is -0.273. The summed E-state index contributed by atoms with van der Waals surface area (Å²) in [5.41, 5.74) is 0.442. The Morgan fingerprint density at radius 1 is 1.23 bits per heavy atom. The fraction of sp³-hybridized carbons (Fsp3) is 0.125. The lowest BCUT2D eigenvalue weighted by molar-refractivity contribution is -0.122. The van der Waals surface area contributed by atoms with E-state index in [2.05, 4.69) is 20.6 Å². The molecular formula is C16H12Cl2N4O4. The number of imide groups is 1. The van der Waals surface area contributed by atoms with Crippen molar-refractivity contribution in [3.8, 4) is 5.88 Å². The molecule has 2 heterocycles. The van der Waals surface area contributed by atoms with Crippen molar-refractivity contribution in [2.75, 3.05) is 6.61 Å². The highest BCUT2D eigenvalue weighted by Gasteiger charge is 2.13. The maximum atomic E-state index is 11.8. The van der Waals surface area contributed by atoms with Crippen LogP contribution >= 0.6 is 23.2 Å². The first kappa shape index (κ1) is 18.0. The van der Waals surface area contributed by atoms with Crippen LogP contribution in [0.5, 0.6) is 5.88 Å². The van der Waals surface area contributed by atoms with Crippen molar-refractivity contribution >= 4 is 46.0 Å². The molecule has 0 saturated heterocycles. The summed E-state index contributed by atoms with van der Waals surface area (Å²) in [6.07, 6.45) is 2.74. The van der Waals surface area contributed by atoms with E-state index in [-0.39, 0.29) is 12.4 Å². The molecule has 3 amide bonds. The highest BCUT2D eigenvalue weighted by Crippen LogP contribution is 2.30. The van der Waals surface area contributed by atoms with Crippen molar-refractivity contribution in [1.82, 2.24) is 20.6 Å². The normalized spacial score (nSPS) is 10.5. The van der Waals surface area contributed by atoms with E-state index >= 15 is 0 Å². The lowest BCUT2D eigenvalue weighted by Crippen LogP contribution is -2.41. The minimum Gasteiger partial charge on any atom is -0.467 e. The van der Waals surface area contributed by atoms with Gasteiger partial charge in [0.2, 0.25) is 5.88 Å². The Balaban J connectivity index is 1.57. The molecule has 26 heavy (non-hydrogen) atoms. The van der Waals surface area contributed by atoms with Gasteiger partial charge in [-0.1, -0.05) is 23.2 Å². The van der Waals surface area contributed by atoms with Gasteiger partial charge in [0.1, 0.15) is 12.1 Å². The quantitative estimate of drug-likeness (QED) is 0.688. The fourth-order valence-corrected chi connectivity index (χ4v) is 2.65. The molecule has 3 rings (SSSR count). The number of carbonyl (C=O) groups excluding carboxylic acids is 2. The van der Waals surface area contributed by atoms with Crippen LogP contribution in [0.25, 0.3) is 10.9 Å². The topological polar surface area (TPSA) is 106 Å². The maximum absolute atomic E-state index is 11.8. The molecule has 2 aromatic heterocycles. The summed E-state index contributed by atoms with van der Waals surface area (Å²) in [5, 5.41) is 5.78. The third-order valence-corrected chi connectivity index (χ3v) is 3.72. The van der Waals surface area contributed by atoms with Crippen LogP contribution in [0.3, 0.4) is 0 Å². The van der Waals surface area contributed by atoms with Crippen LogP contribution in [-0.4, -0.2) is 28.5 Å². The number of hydrogen-bond donors (Lipinski definition) is 2. The molecule has 0 atom stereocenters. The Kier molecular flexibility index (Phi) is 5.55. The highest BCUT2D eigenvalue weighted by atomic mass is 35.5. The van der Waals surface area contributed by atoms with E-state index in [1.54, 1.807) is 18.2 Å². The van der Waals surface area contributed by atoms with Gasteiger partial charge in [-0.25, -0.2) is 14.8 Å². The van der Waals surface area contributed by atoms with Crippen LogP contribution in [0.2, 0.25) is 10.0 Å². The predicted molar refractivity (Wildman–Crippen MR) is 94.1 cm³/mol. The number of hydrogen-bond acceptors (Lipinski definition) is 6. The second kappa shape index (κ2) is 8.03. The lowest BCUT2D eigenvalue weighted by Gasteiger charge is -2.09. The predicted octanol–water partition coefficient (Wildman–Crippen LogP) is 2.93. The first-order valence-corrected chi connectivity index (χ1v) is 8.11. The Hall–Kier alpha value is -2.84. The minimum atomic E-state index is -0.673. The SMILES string of the molecule is O=C(COc1ncnc2c(Cl)cc(Cl)cc12)NC(=O)NCc1ccco1. The summed E-state index contributed by atoms with van der Waals surface area (Å²) in [6, 6.07) is 5.83. The smallest absolute Gasteiger partial charge is 0.321 e. The van der Waals surface area contributed by atoms with E-state index < -0.39 is 18.5 Å². The molecule has 0 aliphatic rings. The zero-order valence-electron chi connectivity index (χ0n) is 13.2. The monoisotopic (exact) mass is 394 g/mol. The second-order valence-corrected chi connectivity index (χ2v) is 5.91. The summed E-state index contributed by atoms with van der Waals surface area (Å²) < 4.78 is 10.4. The number of benzene rings is 1. The van der Waals surface area contributed by atoms with Crippen molar-refractivity contribution in [2.45, 2.75) is 6.54 Å². The van der Waals surface area contributed by atoms with Crippen LogP contribution in [0, 0.1) is 0 Å². The molecule has 0 radical (unpaired) electrons. The molecule has 0 saturated carbocycles. The van der Waals surface area contributed by atoms with Gasteiger partial charge in [-0.15, -0.1) is 0 Å². The largest absolute Gasteiger partial charge is 0.467 e. The third kappa shape index (κ3) is 4.41. The Labute approximate surface area is 157 Å². The zero-order chi connectivity index (χ0) is 18.5. The van der Waals surface area contributed by atoms with Gasteiger partial charge < -0.3 is 14.5 Å². The van der Waals surface area contributed by atoms with Crippen molar-refractivity contribution in [1.29, 1.82) is 0 Å². The van der Waals surface area contributed by atoms with E-state index in [0.29, 0.717) is 26.7 Å². The standard InChI is InChI=1S/C16H12Cl2N4O4/c17-9-4-11-14(12(18)5-9)20-8-21-15(11)26-7-13(23)22-16(24)19-6-10-2-1-3-25-10/h1-5,8H,6-7H2,(H2,19,22,23,24). The van der Waals surface area contributed by atoms with Crippen molar-refractivity contribution in [2.24, 2.45) is 0 Å². The number of nitrogens with zero attached hydrogens (tertiary/aromatic N) is 2. The number of nitrogens with one attached hydrogen (secondary N) is 2. The first-order chi connectivity index (χ1) is 12.5. The van der Waals surface area contributed by atoms with Crippen LogP contribution in [-0.2, 0) is 11.3 Å². The van der Waals surface area contributed by atoms with Gasteiger partial charge in [0.15, 0.2) is 6.61 Å². The van der Waals surface area contributed by atoms with Gasteiger partial charge in [0, 0.05) is 5.02 Å². The molecule has 0 unspecified atom stereocenters.